The van der Waals surface area contributed by atoms with Crippen LogP contribution < -0.4 is 10.1 Å². The predicted octanol–water partition coefficient (Wildman–Crippen LogP) is 4.81. The number of benzene rings is 3. The molecule has 0 fully saturated rings. The molecule has 0 unspecified atom stereocenters. The van der Waals surface area contributed by atoms with E-state index in [0.717, 1.165) is 15.5 Å². The van der Waals surface area contributed by atoms with Crippen molar-refractivity contribution in [1.82, 2.24) is 9.97 Å². The largest absolute Gasteiger partial charge is 0.494 e. The second kappa shape index (κ2) is 6.72. The molecular weight excluding hydrogens is 394 g/mol. The third-order valence-electron chi connectivity index (χ3n) is 4.05. The summed E-state index contributed by atoms with van der Waals surface area (Å²) in [4.78, 5) is 22.0. The molecule has 5 nitrogen and oxygen atoms in total. The maximum Gasteiger partial charge on any atom is 0.256 e. The summed E-state index contributed by atoms with van der Waals surface area (Å²) in [5, 5.41) is 2.93. The molecule has 0 aliphatic heterocycles. The fourth-order valence-corrected chi connectivity index (χ4v) is 3.24. The Balaban J connectivity index is 1.86. The molecule has 26 heavy (non-hydrogen) atoms. The molecule has 4 rings (SSSR count). The van der Waals surface area contributed by atoms with E-state index < -0.39 is 0 Å². The van der Waals surface area contributed by atoms with Gasteiger partial charge in [-0.25, -0.2) is 9.97 Å². The minimum atomic E-state index is -0.223. The second-order valence-electron chi connectivity index (χ2n) is 5.66. The van der Waals surface area contributed by atoms with Crippen molar-refractivity contribution in [2.24, 2.45) is 0 Å². The zero-order valence-corrected chi connectivity index (χ0v) is 15.4. The first-order chi connectivity index (χ1) is 12.7. The molecule has 3 aromatic carbocycles. The number of amides is 1. The molecule has 0 bridgehead atoms. The Kier molecular flexibility index (Phi) is 4.26. The number of hydrogen-bond donors (Lipinski definition) is 1. The first-order valence-electron chi connectivity index (χ1n) is 7.97. The smallest absolute Gasteiger partial charge is 0.256 e. The molecule has 0 saturated carbocycles. The van der Waals surface area contributed by atoms with Gasteiger partial charge in [0.2, 0.25) is 0 Å². The maximum absolute atomic E-state index is 12.7. The Bertz CT molecular complexity index is 1140. The predicted molar refractivity (Wildman–Crippen MR) is 106 cm³/mol. The van der Waals surface area contributed by atoms with Crippen LogP contribution in [0.1, 0.15) is 10.4 Å². The van der Waals surface area contributed by atoms with Gasteiger partial charge in [-0.05, 0) is 52.3 Å². The average Bonchev–Trinajstić information content (AvgIpc) is 2.67. The van der Waals surface area contributed by atoms with Crippen molar-refractivity contribution in [1.29, 1.82) is 0 Å². The van der Waals surface area contributed by atoms with E-state index in [2.05, 4.69) is 31.2 Å². The SMILES string of the molecule is COc1ccc(NC(=O)c2ccccc2Br)c2nc3ccccc3nc12. The number of para-hydroxylation sites is 2. The number of carbonyl (C=O) groups is 1. The van der Waals surface area contributed by atoms with E-state index in [4.69, 9.17) is 4.74 Å². The van der Waals surface area contributed by atoms with E-state index in [-0.39, 0.29) is 5.91 Å². The van der Waals surface area contributed by atoms with Crippen LogP contribution in [-0.2, 0) is 0 Å². The number of nitrogens with zero attached hydrogens (tertiary/aromatic N) is 2. The van der Waals surface area contributed by atoms with Crippen molar-refractivity contribution < 1.29 is 9.53 Å². The van der Waals surface area contributed by atoms with Crippen molar-refractivity contribution >= 4 is 49.6 Å². The number of nitrogens with one attached hydrogen (secondary N) is 1. The molecule has 0 aliphatic rings. The molecule has 0 radical (unpaired) electrons. The van der Waals surface area contributed by atoms with Gasteiger partial charge in [0, 0.05) is 4.47 Å². The van der Waals surface area contributed by atoms with Crippen molar-refractivity contribution in [3.63, 3.8) is 0 Å². The van der Waals surface area contributed by atoms with E-state index in [1.807, 2.05) is 42.5 Å². The van der Waals surface area contributed by atoms with Gasteiger partial charge in [0.15, 0.2) is 0 Å². The summed E-state index contributed by atoms with van der Waals surface area (Å²) in [6.07, 6.45) is 0. The number of hydrogen-bond acceptors (Lipinski definition) is 4. The van der Waals surface area contributed by atoms with E-state index in [1.165, 1.54) is 0 Å². The fraction of sp³-hybridized carbons (Fsp3) is 0.0500. The average molecular weight is 408 g/mol. The summed E-state index contributed by atoms with van der Waals surface area (Å²) in [7, 11) is 1.59. The van der Waals surface area contributed by atoms with E-state index in [0.29, 0.717) is 28.0 Å². The lowest BCUT2D eigenvalue weighted by atomic mass is 10.2. The molecule has 1 heterocycles. The molecule has 1 aromatic heterocycles. The number of carbonyl (C=O) groups excluding carboxylic acids is 1. The number of methoxy groups -OCH3 is 1. The summed E-state index contributed by atoms with van der Waals surface area (Å²) in [6.45, 7) is 0. The van der Waals surface area contributed by atoms with Crippen LogP contribution >= 0.6 is 15.9 Å². The molecule has 1 amide bonds. The van der Waals surface area contributed by atoms with Crippen LogP contribution in [0.4, 0.5) is 5.69 Å². The zero-order chi connectivity index (χ0) is 18.1. The highest BCUT2D eigenvalue weighted by Crippen LogP contribution is 2.31. The van der Waals surface area contributed by atoms with Crippen molar-refractivity contribution in [2.45, 2.75) is 0 Å². The molecule has 1 N–H and O–H groups in total. The number of anilines is 1. The fourth-order valence-electron chi connectivity index (χ4n) is 2.78. The summed E-state index contributed by atoms with van der Waals surface area (Å²) in [5.74, 6) is 0.385. The molecule has 0 aliphatic carbocycles. The number of aromatic nitrogens is 2. The van der Waals surface area contributed by atoms with E-state index in [9.17, 15) is 4.79 Å². The molecule has 0 atom stereocenters. The zero-order valence-electron chi connectivity index (χ0n) is 13.9. The summed E-state index contributed by atoms with van der Waals surface area (Å²) in [6, 6.07) is 18.4. The minimum Gasteiger partial charge on any atom is -0.494 e. The van der Waals surface area contributed by atoms with Gasteiger partial charge in [0.1, 0.15) is 16.8 Å². The Hall–Kier alpha value is -2.99. The first kappa shape index (κ1) is 16.5. The Morgan fingerprint density at radius 1 is 0.923 bits per heavy atom. The highest BCUT2D eigenvalue weighted by atomic mass is 79.9. The topological polar surface area (TPSA) is 64.1 Å². The lowest BCUT2D eigenvalue weighted by Crippen LogP contribution is -2.13. The van der Waals surface area contributed by atoms with Gasteiger partial charge in [0.05, 0.1) is 29.4 Å². The summed E-state index contributed by atoms with van der Waals surface area (Å²) < 4.78 is 6.15. The first-order valence-corrected chi connectivity index (χ1v) is 8.76. The second-order valence-corrected chi connectivity index (χ2v) is 6.51. The highest BCUT2D eigenvalue weighted by Gasteiger charge is 2.15. The maximum atomic E-state index is 12.7. The van der Waals surface area contributed by atoms with E-state index in [1.54, 1.807) is 25.3 Å². The molecule has 6 heteroatoms. The third-order valence-corrected chi connectivity index (χ3v) is 4.74. The number of ether oxygens (including phenoxy) is 1. The monoisotopic (exact) mass is 407 g/mol. The lowest BCUT2D eigenvalue weighted by molar-refractivity contribution is 0.102. The third kappa shape index (κ3) is 2.88. The summed E-state index contributed by atoms with van der Waals surface area (Å²) >= 11 is 3.41. The molecule has 4 aromatic rings. The van der Waals surface area contributed by atoms with Gasteiger partial charge in [0.25, 0.3) is 5.91 Å². The number of rotatable bonds is 3. The molecule has 0 saturated heterocycles. The van der Waals surface area contributed by atoms with Crippen LogP contribution in [0, 0.1) is 0 Å². The van der Waals surface area contributed by atoms with Gasteiger partial charge >= 0.3 is 0 Å². The standard InChI is InChI=1S/C20H14BrN3O2/c1-26-17-11-10-16(24-20(25)12-6-2-3-7-13(12)21)18-19(17)23-15-9-5-4-8-14(15)22-18/h2-11H,1H3,(H,24,25). The molecule has 128 valence electrons. The normalized spacial score (nSPS) is 10.8. The van der Waals surface area contributed by atoms with Crippen molar-refractivity contribution in [3.8, 4) is 5.75 Å². The summed E-state index contributed by atoms with van der Waals surface area (Å²) in [5.41, 5.74) is 3.85. The van der Waals surface area contributed by atoms with Gasteiger partial charge < -0.3 is 10.1 Å². The van der Waals surface area contributed by atoms with Gasteiger partial charge in [-0.3, -0.25) is 4.79 Å². The van der Waals surface area contributed by atoms with Crippen LogP contribution in [-0.4, -0.2) is 23.0 Å². The lowest BCUT2D eigenvalue weighted by Gasteiger charge is -2.12. The van der Waals surface area contributed by atoms with Gasteiger partial charge in [-0.2, -0.15) is 0 Å². The molecule has 0 spiro atoms. The Morgan fingerprint density at radius 3 is 2.27 bits per heavy atom. The van der Waals surface area contributed by atoms with E-state index >= 15 is 0 Å². The van der Waals surface area contributed by atoms with Crippen LogP contribution in [0.25, 0.3) is 22.1 Å². The van der Waals surface area contributed by atoms with Crippen molar-refractivity contribution in [2.75, 3.05) is 12.4 Å². The minimum absolute atomic E-state index is 0.223. The number of halogens is 1. The number of fused-ring (bicyclic) bond motifs is 2. The Labute approximate surface area is 158 Å². The van der Waals surface area contributed by atoms with Crippen LogP contribution in [0.2, 0.25) is 0 Å². The quantitative estimate of drug-likeness (QED) is 0.495. The van der Waals surface area contributed by atoms with Crippen LogP contribution in [0.15, 0.2) is 65.1 Å². The van der Waals surface area contributed by atoms with Crippen LogP contribution in [0.3, 0.4) is 0 Å². The van der Waals surface area contributed by atoms with Crippen molar-refractivity contribution in [3.05, 3.63) is 70.7 Å². The van der Waals surface area contributed by atoms with Crippen LogP contribution in [0.5, 0.6) is 5.75 Å². The van der Waals surface area contributed by atoms with Gasteiger partial charge in [-0.1, -0.05) is 24.3 Å². The van der Waals surface area contributed by atoms with Gasteiger partial charge in [-0.15, -0.1) is 0 Å². The molecular formula is C20H14BrN3O2. The Morgan fingerprint density at radius 2 is 1.58 bits per heavy atom. The highest BCUT2D eigenvalue weighted by molar-refractivity contribution is 9.10.